The zero-order valence-corrected chi connectivity index (χ0v) is 16.1. The first-order valence-electron chi connectivity index (χ1n) is 7.49. The molecule has 1 aliphatic rings. The van der Waals surface area contributed by atoms with Crippen LogP contribution in [0.2, 0.25) is 0 Å². The molecule has 0 aliphatic carbocycles. The molecule has 6 heteroatoms. The van der Waals surface area contributed by atoms with Gasteiger partial charge in [-0.15, -0.1) is 0 Å². The minimum absolute atomic E-state index is 0.00803. The van der Waals surface area contributed by atoms with Gasteiger partial charge in [0.05, 0.1) is 15.2 Å². The molecule has 24 heavy (non-hydrogen) atoms. The third-order valence-electron chi connectivity index (χ3n) is 3.81. The van der Waals surface area contributed by atoms with E-state index >= 15 is 0 Å². The monoisotopic (exact) mass is 454 g/mol. The minimum atomic E-state index is -0.534. The molecular formula is C18H16Br2O4. The van der Waals surface area contributed by atoms with Crippen molar-refractivity contribution in [3.8, 4) is 17.2 Å². The van der Waals surface area contributed by atoms with E-state index in [4.69, 9.17) is 9.47 Å². The fraction of sp³-hybridized carbons (Fsp3) is 0.278. The van der Waals surface area contributed by atoms with Crippen molar-refractivity contribution in [2.45, 2.75) is 16.6 Å². The smallest absolute Gasteiger partial charge is 0.181 e. The second kappa shape index (κ2) is 7.15. The molecule has 2 aromatic rings. The number of phenolic OH excluding ortho intramolecular Hbond substituents is 1. The SMILES string of the molecule is Cc1ccc(C(=O)C(Br)C(Br)c2ccc3c(c2)OCCO3)c(O)c1. The van der Waals surface area contributed by atoms with Crippen LogP contribution in [-0.4, -0.2) is 28.9 Å². The Bertz CT molecular complexity index is 776. The maximum Gasteiger partial charge on any atom is 0.181 e. The molecule has 1 aliphatic heterocycles. The number of Topliss-reactive ketones (excluding diaryl/α,β-unsaturated/α-hetero) is 1. The van der Waals surface area contributed by atoms with E-state index in [2.05, 4.69) is 31.9 Å². The number of ether oxygens (including phenoxy) is 2. The minimum Gasteiger partial charge on any atom is -0.507 e. The van der Waals surface area contributed by atoms with Gasteiger partial charge in [-0.3, -0.25) is 4.79 Å². The highest BCUT2D eigenvalue weighted by molar-refractivity contribution is 9.12. The van der Waals surface area contributed by atoms with Gasteiger partial charge in [-0.25, -0.2) is 0 Å². The molecule has 2 atom stereocenters. The fourth-order valence-corrected chi connectivity index (χ4v) is 3.61. The van der Waals surface area contributed by atoms with Gasteiger partial charge in [0.25, 0.3) is 0 Å². The lowest BCUT2D eigenvalue weighted by Crippen LogP contribution is -2.20. The molecule has 0 saturated heterocycles. The van der Waals surface area contributed by atoms with E-state index in [-0.39, 0.29) is 16.4 Å². The highest BCUT2D eigenvalue weighted by Gasteiger charge is 2.28. The predicted octanol–water partition coefficient (Wildman–Crippen LogP) is 4.55. The Morgan fingerprint density at radius 1 is 1.08 bits per heavy atom. The van der Waals surface area contributed by atoms with Gasteiger partial charge < -0.3 is 14.6 Å². The maximum absolute atomic E-state index is 12.7. The summed E-state index contributed by atoms with van der Waals surface area (Å²) in [6, 6.07) is 10.6. The van der Waals surface area contributed by atoms with Gasteiger partial charge >= 0.3 is 0 Å². The van der Waals surface area contributed by atoms with E-state index in [1.807, 2.05) is 25.1 Å². The zero-order chi connectivity index (χ0) is 17.3. The Labute approximate surface area is 157 Å². The molecule has 0 radical (unpaired) electrons. The maximum atomic E-state index is 12.7. The van der Waals surface area contributed by atoms with Crippen LogP contribution >= 0.6 is 31.9 Å². The predicted molar refractivity (Wildman–Crippen MR) is 99.0 cm³/mol. The van der Waals surface area contributed by atoms with Gasteiger partial charge in [-0.05, 0) is 42.3 Å². The van der Waals surface area contributed by atoms with Crippen molar-refractivity contribution in [3.05, 3.63) is 53.1 Å². The Kier molecular flexibility index (Phi) is 5.15. The second-order valence-electron chi connectivity index (χ2n) is 5.59. The number of benzene rings is 2. The summed E-state index contributed by atoms with van der Waals surface area (Å²) in [6.07, 6.45) is 0. The van der Waals surface area contributed by atoms with E-state index in [0.717, 1.165) is 11.1 Å². The van der Waals surface area contributed by atoms with Gasteiger partial charge in [-0.2, -0.15) is 0 Å². The van der Waals surface area contributed by atoms with Crippen molar-refractivity contribution in [2.75, 3.05) is 13.2 Å². The first kappa shape index (κ1) is 17.3. The number of phenols is 1. The van der Waals surface area contributed by atoms with Crippen LogP contribution in [0.15, 0.2) is 36.4 Å². The third-order valence-corrected chi connectivity index (χ3v) is 6.52. The Morgan fingerprint density at radius 3 is 2.50 bits per heavy atom. The number of aromatic hydroxyl groups is 1. The van der Waals surface area contributed by atoms with E-state index in [9.17, 15) is 9.90 Å². The highest BCUT2D eigenvalue weighted by Crippen LogP contribution is 2.39. The van der Waals surface area contributed by atoms with Gasteiger partial charge in [0.2, 0.25) is 0 Å². The molecule has 1 heterocycles. The number of aryl methyl sites for hydroxylation is 1. The average molecular weight is 456 g/mol. The number of ketones is 1. The second-order valence-corrected chi connectivity index (χ2v) is 7.56. The lowest BCUT2D eigenvalue weighted by molar-refractivity contribution is 0.0988. The van der Waals surface area contributed by atoms with Crippen LogP contribution in [-0.2, 0) is 0 Å². The molecule has 0 fully saturated rings. The number of rotatable bonds is 4. The van der Waals surface area contributed by atoms with E-state index in [1.165, 1.54) is 0 Å². The van der Waals surface area contributed by atoms with Crippen molar-refractivity contribution in [2.24, 2.45) is 0 Å². The molecule has 2 aromatic carbocycles. The summed E-state index contributed by atoms with van der Waals surface area (Å²) in [4.78, 5) is 11.9. The number of hydrogen-bond acceptors (Lipinski definition) is 4. The molecule has 0 aromatic heterocycles. The van der Waals surface area contributed by atoms with Crippen LogP contribution in [0.5, 0.6) is 17.2 Å². The third kappa shape index (κ3) is 3.44. The van der Waals surface area contributed by atoms with Gasteiger partial charge in [0, 0.05) is 0 Å². The molecule has 0 bridgehead atoms. The highest BCUT2D eigenvalue weighted by atomic mass is 79.9. The number of halogens is 2. The molecule has 1 N–H and O–H groups in total. The summed E-state index contributed by atoms with van der Waals surface area (Å²) in [5.41, 5.74) is 2.09. The van der Waals surface area contributed by atoms with E-state index in [0.29, 0.717) is 30.3 Å². The van der Waals surface area contributed by atoms with Crippen LogP contribution in [0.1, 0.15) is 26.3 Å². The lowest BCUT2D eigenvalue weighted by Gasteiger charge is -2.21. The van der Waals surface area contributed by atoms with Crippen LogP contribution in [0.25, 0.3) is 0 Å². The largest absolute Gasteiger partial charge is 0.507 e. The van der Waals surface area contributed by atoms with Crippen LogP contribution in [0.3, 0.4) is 0 Å². The van der Waals surface area contributed by atoms with Gasteiger partial charge in [-0.1, -0.05) is 44.0 Å². The van der Waals surface area contributed by atoms with Crippen molar-refractivity contribution in [3.63, 3.8) is 0 Å². The normalized spacial score (nSPS) is 15.6. The van der Waals surface area contributed by atoms with Crippen molar-refractivity contribution < 1.29 is 19.4 Å². The molecule has 0 amide bonds. The van der Waals surface area contributed by atoms with Gasteiger partial charge in [0.1, 0.15) is 19.0 Å². The van der Waals surface area contributed by atoms with E-state index in [1.54, 1.807) is 18.2 Å². The fourth-order valence-electron chi connectivity index (χ4n) is 2.53. The van der Waals surface area contributed by atoms with Gasteiger partial charge in [0.15, 0.2) is 17.3 Å². The summed E-state index contributed by atoms with van der Waals surface area (Å²) in [7, 11) is 0. The summed E-state index contributed by atoms with van der Waals surface area (Å²) < 4.78 is 11.1. The quantitative estimate of drug-likeness (QED) is 0.542. The topological polar surface area (TPSA) is 55.8 Å². The van der Waals surface area contributed by atoms with Crippen LogP contribution < -0.4 is 9.47 Å². The average Bonchev–Trinajstić information content (AvgIpc) is 2.59. The summed E-state index contributed by atoms with van der Waals surface area (Å²) in [5.74, 6) is 1.18. The Balaban J connectivity index is 1.83. The van der Waals surface area contributed by atoms with Crippen molar-refractivity contribution >= 4 is 37.6 Å². The number of carbonyl (C=O) groups excluding carboxylic acids is 1. The first-order valence-corrected chi connectivity index (χ1v) is 9.32. The van der Waals surface area contributed by atoms with Crippen LogP contribution in [0.4, 0.5) is 0 Å². The Morgan fingerprint density at radius 2 is 1.79 bits per heavy atom. The van der Waals surface area contributed by atoms with Crippen molar-refractivity contribution in [1.82, 2.24) is 0 Å². The molecule has 126 valence electrons. The zero-order valence-electron chi connectivity index (χ0n) is 13.0. The van der Waals surface area contributed by atoms with Crippen LogP contribution in [0, 0.1) is 6.92 Å². The molecule has 2 unspecified atom stereocenters. The number of carbonyl (C=O) groups is 1. The standard InChI is InChI=1S/C18H16Br2O4/c1-10-2-4-12(13(21)8-10)18(22)17(20)16(19)11-3-5-14-15(9-11)24-7-6-23-14/h2-5,8-9,16-17,21H,6-7H2,1H3. The molecule has 4 nitrogen and oxygen atoms in total. The Hall–Kier alpha value is -1.53. The molecule has 0 spiro atoms. The molecule has 0 saturated carbocycles. The summed E-state index contributed by atoms with van der Waals surface area (Å²) in [5, 5.41) is 10.0. The summed E-state index contributed by atoms with van der Waals surface area (Å²) in [6.45, 7) is 2.91. The number of fused-ring (bicyclic) bond motifs is 1. The number of hydrogen-bond donors (Lipinski definition) is 1. The lowest BCUT2D eigenvalue weighted by atomic mass is 10.0. The first-order chi connectivity index (χ1) is 11.5. The van der Waals surface area contributed by atoms with Crippen molar-refractivity contribution in [1.29, 1.82) is 0 Å². The summed E-state index contributed by atoms with van der Waals surface area (Å²) >= 11 is 7.02. The molecule has 3 rings (SSSR count). The molecular weight excluding hydrogens is 440 g/mol. The number of alkyl halides is 2. The van der Waals surface area contributed by atoms with E-state index < -0.39 is 4.83 Å².